The third-order valence-corrected chi connectivity index (χ3v) is 4.35. The maximum atomic E-state index is 12.0. The van der Waals surface area contributed by atoms with E-state index in [9.17, 15) is 9.59 Å². The molecule has 1 amide bonds. The summed E-state index contributed by atoms with van der Waals surface area (Å²) >= 11 is 0. The largest absolute Gasteiger partial charge is 0.478 e. The predicted octanol–water partition coefficient (Wildman–Crippen LogP) is 3.14. The van der Waals surface area contributed by atoms with Crippen LogP contribution < -0.4 is 5.32 Å². The lowest BCUT2D eigenvalue weighted by Gasteiger charge is -2.37. The molecule has 24 heavy (non-hydrogen) atoms. The summed E-state index contributed by atoms with van der Waals surface area (Å²) in [5.74, 6) is -1.57. The van der Waals surface area contributed by atoms with E-state index in [1.165, 1.54) is 0 Å². The van der Waals surface area contributed by atoms with Crippen LogP contribution in [0.2, 0.25) is 0 Å². The van der Waals surface area contributed by atoms with Gasteiger partial charge in [0, 0.05) is 23.6 Å². The summed E-state index contributed by atoms with van der Waals surface area (Å²) in [6.07, 6.45) is 1.87. The molecule has 124 valence electrons. The third-order valence-electron chi connectivity index (χ3n) is 4.35. The zero-order valence-corrected chi connectivity index (χ0v) is 13.8. The number of carboxylic acids is 1. The highest BCUT2D eigenvalue weighted by Gasteiger charge is 2.35. The number of carbonyl (C=O) groups excluding carboxylic acids is 1. The van der Waals surface area contributed by atoms with E-state index in [1.54, 1.807) is 0 Å². The molecule has 2 rings (SSSR count). The normalized spacial score (nSPS) is 12.8. The molecule has 0 aliphatic heterocycles. The van der Waals surface area contributed by atoms with Gasteiger partial charge in [-0.15, -0.1) is 0 Å². The van der Waals surface area contributed by atoms with Crippen molar-refractivity contribution in [3.8, 4) is 0 Å². The lowest BCUT2D eigenvalue weighted by molar-refractivity contribution is -0.131. The molecule has 0 aliphatic rings. The Morgan fingerprint density at radius 2 is 1.42 bits per heavy atom. The average Bonchev–Trinajstić information content (AvgIpc) is 2.60. The first kappa shape index (κ1) is 17.5. The Labute approximate surface area is 141 Å². The topological polar surface area (TPSA) is 66.4 Å². The Balaban J connectivity index is 2.37. The van der Waals surface area contributed by atoms with Gasteiger partial charge in [-0.1, -0.05) is 60.7 Å². The Bertz CT molecular complexity index is 684. The molecule has 0 bridgehead atoms. The maximum Gasteiger partial charge on any atom is 0.328 e. The van der Waals surface area contributed by atoms with Gasteiger partial charge in [-0.2, -0.15) is 0 Å². The quantitative estimate of drug-likeness (QED) is 0.803. The number of rotatable bonds is 6. The van der Waals surface area contributed by atoms with Gasteiger partial charge >= 0.3 is 5.97 Å². The van der Waals surface area contributed by atoms with Crippen molar-refractivity contribution in [2.75, 3.05) is 0 Å². The summed E-state index contributed by atoms with van der Waals surface area (Å²) in [5.41, 5.74) is 1.70. The van der Waals surface area contributed by atoms with Gasteiger partial charge in [0.25, 0.3) is 0 Å². The Morgan fingerprint density at radius 3 is 1.83 bits per heavy atom. The number of hydrogen-bond acceptors (Lipinski definition) is 2. The van der Waals surface area contributed by atoms with Gasteiger partial charge < -0.3 is 10.4 Å². The van der Waals surface area contributed by atoms with E-state index in [1.807, 2.05) is 67.6 Å². The zero-order valence-electron chi connectivity index (χ0n) is 13.8. The second-order valence-electron chi connectivity index (χ2n) is 5.84. The second kappa shape index (κ2) is 7.59. The zero-order chi connectivity index (χ0) is 17.6. The molecule has 2 aromatic carbocycles. The van der Waals surface area contributed by atoms with Gasteiger partial charge in [-0.3, -0.25) is 4.79 Å². The Hall–Kier alpha value is -2.88. The average molecular weight is 323 g/mol. The number of carboxylic acid groups (broad SMARTS) is 1. The van der Waals surface area contributed by atoms with E-state index in [2.05, 4.69) is 12.2 Å². The molecular formula is C20H21NO3. The molecule has 0 radical (unpaired) electrons. The maximum absolute atomic E-state index is 12.0. The fraction of sp³-hybridized carbons (Fsp3) is 0.200. The number of benzene rings is 2. The van der Waals surface area contributed by atoms with Crippen LogP contribution in [0.25, 0.3) is 0 Å². The van der Waals surface area contributed by atoms with Crippen LogP contribution in [0.15, 0.2) is 72.8 Å². The molecule has 0 aliphatic carbocycles. The molecule has 0 saturated heterocycles. The summed E-state index contributed by atoms with van der Waals surface area (Å²) in [6.45, 7) is 4.00. The van der Waals surface area contributed by atoms with Crippen molar-refractivity contribution in [1.82, 2.24) is 5.32 Å². The summed E-state index contributed by atoms with van der Waals surface area (Å²) in [5, 5.41) is 11.5. The van der Waals surface area contributed by atoms with E-state index in [-0.39, 0.29) is 6.04 Å². The van der Waals surface area contributed by atoms with Crippen LogP contribution in [0.4, 0.5) is 0 Å². The van der Waals surface area contributed by atoms with Gasteiger partial charge in [0.05, 0.1) is 0 Å². The fourth-order valence-corrected chi connectivity index (χ4v) is 2.79. The van der Waals surface area contributed by atoms with Crippen molar-refractivity contribution in [2.24, 2.45) is 0 Å². The second-order valence-corrected chi connectivity index (χ2v) is 5.84. The molecule has 2 aromatic rings. The SMILES string of the molecule is CC(NC(=O)/C=C\C(=O)O)C(C)(c1ccccc1)c1ccccc1. The van der Waals surface area contributed by atoms with E-state index < -0.39 is 17.3 Å². The molecule has 1 atom stereocenters. The smallest absolute Gasteiger partial charge is 0.328 e. The molecule has 0 saturated carbocycles. The van der Waals surface area contributed by atoms with Crippen molar-refractivity contribution in [2.45, 2.75) is 25.3 Å². The molecule has 0 fully saturated rings. The molecule has 4 heteroatoms. The van der Waals surface area contributed by atoms with Crippen LogP contribution in [0.3, 0.4) is 0 Å². The van der Waals surface area contributed by atoms with E-state index in [4.69, 9.17) is 5.11 Å². The first-order valence-corrected chi connectivity index (χ1v) is 7.77. The predicted molar refractivity (Wildman–Crippen MR) is 93.7 cm³/mol. The molecule has 0 heterocycles. The minimum atomic E-state index is -1.15. The van der Waals surface area contributed by atoms with Crippen LogP contribution in [0.1, 0.15) is 25.0 Å². The highest BCUT2D eigenvalue weighted by Crippen LogP contribution is 2.35. The fourth-order valence-electron chi connectivity index (χ4n) is 2.79. The van der Waals surface area contributed by atoms with Crippen molar-refractivity contribution < 1.29 is 14.7 Å². The molecular weight excluding hydrogens is 302 g/mol. The number of nitrogens with one attached hydrogen (secondary N) is 1. The molecule has 2 N–H and O–H groups in total. The summed E-state index contributed by atoms with van der Waals surface area (Å²) in [6, 6.07) is 19.7. The van der Waals surface area contributed by atoms with Crippen molar-refractivity contribution >= 4 is 11.9 Å². The van der Waals surface area contributed by atoms with Gasteiger partial charge in [0.15, 0.2) is 0 Å². The molecule has 1 unspecified atom stereocenters. The summed E-state index contributed by atoms with van der Waals surface area (Å²) < 4.78 is 0. The van der Waals surface area contributed by atoms with E-state index >= 15 is 0 Å². The van der Waals surface area contributed by atoms with Gasteiger partial charge in [-0.05, 0) is 25.0 Å². The van der Waals surface area contributed by atoms with Crippen LogP contribution in [-0.4, -0.2) is 23.0 Å². The molecule has 4 nitrogen and oxygen atoms in total. The minimum absolute atomic E-state index is 0.242. The monoisotopic (exact) mass is 323 g/mol. The summed E-state index contributed by atoms with van der Waals surface area (Å²) in [7, 11) is 0. The van der Waals surface area contributed by atoms with Crippen molar-refractivity contribution in [1.29, 1.82) is 0 Å². The molecule has 0 aromatic heterocycles. The van der Waals surface area contributed by atoms with Crippen LogP contribution in [0, 0.1) is 0 Å². The van der Waals surface area contributed by atoms with E-state index in [0.717, 1.165) is 23.3 Å². The van der Waals surface area contributed by atoms with Crippen LogP contribution >= 0.6 is 0 Å². The van der Waals surface area contributed by atoms with Gasteiger partial charge in [0.2, 0.25) is 5.91 Å². The lowest BCUT2D eigenvalue weighted by atomic mass is 9.71. The highest BCUT2D eigenvalue weighted by molar-refractivity contribution is 5.94. The minimum Gasteiger partial charge on any atom is -0.478 e. The van der Waals surface area contributed by atoms with Gasteiger partial charge in [-0.25, -0.2) is 4.79 Å². The Morgan fingerprint density at radius 1 is 0.958 bits per heavy atom. The number of hydrogen-bond donors (Lipinski definition) is 2. The molecule has 0 spiro atoms. The highest BCUT2D eigenvalue weighted by atomic mass is 16.4. The standard InChI is InChI=1S/C20H21NO3/c1-15(21-18(22)13-14-19(23)24)20(2,16-9-5-3-6-10-16)17-11-7-4-8-12-17/h3-15H,1-2H3,(H,21,22)(H,23,24)/b14-13-. The van der Waals surface area contributed by atoms with E-state index in [0.29, 0.717) is 0 Å². The Kier molecular flexibility index (Phi) is 5.53. The first-order valence-electron chi connectivity index (χ1n) is 7.77. The number of aliphatic carboxylic acids is 1. The van der Waals surface area contributed by atoms with Crippen LogP contribution in [-0.2, 0) is 15.0 Å². The lowest BCUT2D eigenvalue weighted by Crippen LogP contribution is -2.47. The number of amides is 1. The van der Waals surface area contributed by atoms with Crippen molar-refractivity contribution in [3.63, 3.8) is 0 Å². The van der Waals surface area contributed by atoms with Gasteiger partial charge in [0.1, 0.15) is 0 Å². The number of carbonyl (C=O) groups is 2. The summed E-state index contributed by atoms with van der Waals surface area (Å²) in [4.78, 5) is 22.6. The first-order chi connectivity index (χ1) is 11.4. The van der Waals surface area contributed by atoms with Crippen LogP contribution in [0.5, 0.6) is 0 Å². The van der Waals surface area contributed by atoms with Crippen molar-refractivity contribution in [3.05, 3.63) is 83.9 Å². The third kappa shape index (κ3) is 3.90.